The molecule has 42 heavy (non-hydrogen) atoms. The maximum absolute atomic E-state index is 13.1. The normalized spacial score (nSPS) is 20.8. The summed E-state index contributed by atoms with van der Waals surface area (Å²) in [6.45, 7) is 7.55. The van der Waals surface area contributed by atoms with Gasteiger partial charge >= 0.3 is 0 Å². The van der Waals surface area contributed by atoms with Gasteiger partial charge in [0, 0.05) is 30.3 Å². The van der Waals surface area contributed by atoms with Crippen LogP contribution in [0.4, 0.5) is 10.2 Å². The van der Waals surface area contributed by atoms with Crippen LogP contribution in [0.15, 0.2) is 60.8 Å². The summed E-state index contributed by atoms with van der Waals surface area (Å²) in [6, 6.07) is 16.4. The van der Waals surface area contributed by atoms with Gasteiger partial charge in [-0.2, -0.15) is 4.98 Å². The standard InChI is InChI=1S/C32H40ClFN6O2/c1-20(2)39(16-6-14-36-15-13-21-9-11-24(34)12-10-21)18-23-17-26(29(42)28(23)41)40-19-25(22-7-4-3-5-8-22)27-30(35)37-32(33)38-31(27)40/h3-5,7-12,19-20,23,26,28-29,36,41-42H,6,13-18H2,1-2H3,(H2,35,37,38)/t23-,26-,28-,29+/m1/s1. The maximum atomic E-state index is 13.1. The van der Waals surface area contributed by atoms with Gasteiger partial charge < -0.3 is 30.7 Å². The molecule has 0 radical (unpaired) electrons. The number of benzene rings is 2. The fraction of sp³-hybridized carbons (Fsp3) is 0.438. The fourth-order valence-corrected chi connectivity index (χ4v) is 6.24. The summed E-state index contributed by atoms with van der Waals surface area (Å²) < 4.78 is 15.0. The molecule has 0 bridgehead atoms. The predicted octanol–water partition coefficient (Wildman–Crippen LogP) is 4.69. The van der Waals surface area contributed by atoms with Gasteiger partial charge in [0.05, 0.1) is 17.5 Å². The van der Waals surface area contributed by atoms with Gasteiger partial charge in [-0.25, -0.2) is 9.37 Å². The van der Waals surface area contributed by atoms with Crippen LogP contribution >= 0.6 is 11.6 Å². The number of hydrogen-bond donors (Lipinski definition) is 4. The second-order valence-electron chi connectivity index (χ2n) is 11.5. The highest BCUT2D eigenvalue weighted by atomic mass is 35.5. The van der Waals surface area contributed by atoms with Crippen LogP contribution in [-0.2, 0) is 6.42 Å². The molecule has 4 atom stereocenters. The zero-order chi connectivity index (χ0) is 29.8. The number of aromatic nitrogens is 3. The highest BCUT2D eigenvalue weighted by Gasteiger charge is 2.44. The molecule has 0 saturated heterocycles. The molecule has 5 rings (SSSR count). The average molecular weight is 595 g/mol. The van der Waals surface area contributed by atoms with E-state index in [1.807, 2.05) is 53.2 Å². The SMILES string of the molecule is CC(C)N(CCCNCCc1ccc(F)cc1)C[C@H]1C[C@@H](n2cc(-c3ccccc3)c3c(N)nc(Cl)nc32)[C@H](O)[C@@H]1O. The van der Waals surface area contributed by atoms with Gasteiger partial charge in [-0.15, -0.1) is 0 Å². The van der Waals surface area contributed by atoms with Crippen LogP contribution in [0.5, 0.6) is 0 Å². The molecule has 1 saturated carbocycles. The van der Waals surface area contributed by atoms with E-state index in [0.29, 0.717) is 24.0 Å². The van der Waals surface area contributed by atoms with Crippen LogP contribution in [0.25, 0.3) is 22.2 Å². The van der Waals surface area contributed by atoms with Crippen molar-refractivity contribution >= 4 is 28.5 Å². The van der Waals surface area contributed by atoms with E-state index in [-0.39, 0.29) is 28.9 Å². The Bertz CT molecular complexity index is 1470. The van der Waals surface area contributed by atoms with Crippen molar-refractivity contribution in [2.45, 2.75) is 57.4 Å². The Morgan fingerprint density at radius 1 is 1.07 bits per heavy atom. The van der Waals surface area contributed by atoms with Crippen molar-refractivity contribution in [3.8, 4) is 11.1 Å². The summed E-state index contributed by atoms with van der Waals surface area (Å²) in [5, 5.41) is 26.7. The monoisotopic (exact) mass is 594 g/mol. The molecule has 2 aromatic carbocycles. The van der Waals surface area contributed by atoms with Gasteiger partial charge in [0.15, 0.2) is 0 Å². The lowest BCUT2D eigenvalue weighted by molar-refractivity contribution is -0.00166. The zero-order valence-electron chi connectivity index (χ0n) is 24.1. The maximum Gasteiger partial charge on any atom is 0.226 e. The summed E-state index contributed by atoms with van der Waals surface area (Å²) in [6.07, 6.45) is 2.49. The summed E-state index contributed by atoms with van der Waals surface area (Å²) in [5.74, 6) is -0.0519. The van der Waals surface area contributed by atoms with Crippen LogP contribution in [-0.4, -0.2) is 74.1 Å². The lowest BCUT2D eigenvalue weighted by Gasteiger charge is -2.30. The second-order valence-corrected chi connectivity index (χ2v) is 11.8. The topological polar surface area (TPSA) is 112 Å². The number of aliphatic hydroxyl groups is 2. The van der Waals surface area contributed by atoms with Gasteiger partial charge in [-0.3, -0.25) is 0 Å². The van der Waals surface area contributed by atoms with Crippen molar-refractivity contribution in [3.05, 3.63) is 77.5 Å². The third-order valence-corrected chi connectivity index (χ3v) is 8.56. The third kappa shape index (κ3) is 6.76. The molecule has 0 aliphatic heterocycles. The number of nitrogens with zero attached hydrogens (tertiary/aromatic N) is 4. The minimum Gasteiger partial charge on any atom is -0.390 e. The van der Waals surface area contributed by atoms with Gasteiger partial charge in [0.2, 0.25) is 5.28 Å². The Hall–Kier alpha value is -3.08. The molecule has 4 aromatic rings. The van der Waals surface area contributed by atoms with Crippen molar-refractivity contribution in [2.75, 3.05) is 31.9 Å². The zero-order valence-corrected chi connectivity index (χ0v) is 24.9. The highest BCUT2D eigenvalue weighted by molar-refractivity contribution is 6.29. The number of rotatable bonds is 12. The molecule has 1 fully saturated rings. The van der Waals surface area contributed by atoms with Gasteiger partial charge in [0.25, 0.3) is 0 Å². The molecule has 1 aliphatic rings. The van der Waals surface area contributed by atoms with E-state index in [9.17, 15) is 14.6 Å². The fourth-order valence-electron chi connectivity index (χ4n) is 6.07. The van der Waals surface area contributed by atoms with Crippen molar-refractivity contribution < 1.29 is 14.6 Å². The van der Waals surface area contributed by atoms with Crippen LogP contribution in [0.3, 0.4) is 0 Å². The molecule has 8 nitrogen and oxygen atoms in total. The Labute approximate surface area is 251 Å². The largest absolute Gasteiger partial charge is 0.390 e. The molecule has 1 aliphatic carbocycles. The molecule has 224 valence electrons. The number of hydrogen-bond acceptors (Lipinski definition) is 7. The molecular formula is C32H40ClFN6O2. The third-order valence-electron chi connectivity index (χ3n) is 8.39. The number of anilines is 1. The first-order chi connectivity index (χ1) is 20.2. The summed E-state index contributed by atoms with van der Waals surface area (Å²) in [5.41, 5.74) is 9.80. The summed E-state index contributed by atoms with van der Waals surface area (Å²) in [4.78, 5) is 11.0. The van der Waals surface area contributed by atoms with E-state index in [0.717, 1.165) is 49.2 Å². The van der Waals surface area contributed by atoms with Crippen molar-refractivity contribution in [3.63, 3.8) is 0 Å². The van der Waals surface area contributed by atoms with E-state index in [2.05, 4.69) is 34.0 Å². The van der Waals surface area contributed by atoms with Gasteiger partial charge in [-0.05, 0) is 87.6 Å². The molecule has 2 heterocycles. The van der Waals surface area contributed by atoms with Gasteiger partial charge in [0.1, 0.15) is 23.4 Å². The Morgan fingerprint density at radius 2 is 1.81 bits per heavy atom. The van der Waals surface area contributed by atoms with Crippen molar-refractivity contribution in [1.29, 1.82) is 0 Å². The second kappa shape index (κ2) is 13.5. The Balaban J connectivity index is 1.24. The van der Waals surface area contributed by atoms with E-state index in [4.69, 9.17) is 17.3 Å². The number of nitrogens with one attached hydrogen (secondary N) is 1. The Morgan fingerprint density at radius 3 is 2.52 bits per heavy atom. The van der Waals surface area contributed by atoms with Crippen molar-refractivity contribution in [1.82, 2.24) is 24.8 Å². The first-order valence-corrected chi connectivity index (χ1v) is 15.0. The minimum absolute atomic E-state index is 0.0424. The van der Waals surface area contributed by atoms with Crippen LogP contribution in [0.1, 0.15) is 38.3 Å². The smallest absolute Gasteiger partial charge is 0.226 e. The Kier molecular flexibility index (Phi) is 9.75. The number of nitrogen functional groups attached to an aromatic ring is 1. The van der Waals surface area contributed by atoms with Crippen LogP contribution in [0, 0.1) is 11.7 Å². The minimum atomic E-state index is -0.966. The molecule has 10 heteroatoms. The van der Waals surface area contributed by atoms with Crippen molar-refractivity contribution in [2.24, 2.45) is 5.92 Å². The average Bonchev–Trinajstić information content (AvgIpc) is 3.48. The van der Waals surface area contributed by atoms with E-state index in [1.165, 1.54) is 12.1 Å². The molecule has 5 N–H and O–H groups in total. The number of nitrogens with two attached hydrogens (primary N) is 1. The van der Waals surface area contributed by atoms with Crippen LogP contribution in [0.2, 0.25) is 5.28 Å². The summed E-state index contributed by atoms with van der Waals surface area (Å²) in [7, 11) is 0. The predicted molar refractivity (Wildman–Crippen MR) is 166 cm³/mol. The molecular weight excluding hydrogens is 555 g/mol. The van der Waals surface area contributed by atoms with E-state index >= 15 is 0 Å². The highest BCUT2D eigenvalue weighted by Crippen LogP contribution is 2.42. The van der Waals surface area contributed by atoms with Crippen LogP contribution < -0.4 is 11.1 Å². The summed E-state index contributed by atoms with van der Waals surface area (Å²) >= 11 is 6.22. The first-order valence-electron chi connectivity index (χ1n) is 14.7. The first kappa shape index (κ1) is 30.4. The molecule has 0 unspecified atom stereocenters. The number of halogens is 2. The van der Waals surface area contributed by atoms with Gasteiger partial charge in [-0.1, -0.05) is 42.5 Å². The quantitative estimate of drug-likeness (QED) is 0.139. The lowest BCUT2D eigenvalue weighted by atomic mass is 10.0. The number of fused-ring (bicyclic) bond motifs is 1. The van der Waals surface area contributed by atoms with E-state index in [1.54, 1.807) is 0 Å². The molecule has 0 spiro atoms. The van der Waals surface area contributed by atoms with E-state index < -0.39 is 18.2 Å². The molecule has 0 amide bonds. The number of aliphatic hydroxyl groups excluding tert-OH is 2. The molecule has 2 aromatic heterocycles. The lowest BCUT2D eigenvalue weighted by Crippen LogP contribution is -2.40.